The summed E-state index contributed by atoms with van der Waals surface area (Å²) in [6.07, 6.45) is -4.92. The van der Waals surface area contributed by atoms with Gasteiger partial charge in [0.15, 0.2) is 6.29 Å². The summed E-state index contributed by atoms with van der Waals surface area (Å²) in [4.78, 5) is 25.1. The molecule has 9 nitrogen and oxygen atoms in total. The number of ether oxygens (including phenoxy) is 5. The highest BCUT2D eigenvalue weighted by molar-refractivity contribution is 5.89. The van der Waals surface area contributed by atoms with Crippen LogP contribution in [0.15, 0.2) is 91.0 Å². The zero-order valence-corrected chi connectivity index (χ0v) is 21.0. The minimum absolute atomic E-state index is 0.0635. The van der Waals surface area contributed by atoms with Crippen molar-refractivity contribution < 1.29 is 38.4 Å². The maximum atomic E-state index is 12.7. The predicted octanol–water partition coefficient (Wildman–Crippen LogP) is 3.46. The van der Waals surface area contributed by atoms with Crippen molar-refractivity contribution in [2.75, 3.05) is 13.7 Å². The van der Waals surface area contributed by atoms with E-state index in [1.54, 1.807) is 30.3 Å². The Hall–Kier alpha value is -3.76. The van der Waals surface area contributed by atoms with E-state index in [9.17, 15) is 14.7 Å². The van der Waals surface area contributed by atoms with Gasteiger partial charge in [-0.25, -0.2) is 9.59 Å². The number of nitrogens with one attached hydrogen (secondary N) is 1. The van der Waals surface area contributed by atoms with E-state index in [0.29, 0.717) is 5.56 Å². The van der Waals surface area contributed by atoms with Gasteiger partial charge in [-0.15, -0.1) is 0 Å². The molecule has 0 aliphatic carbocycles. The SMILES string of the molecule is CO[C@H]1O[C@H](COC(=O)c2ccccc2)[C@@H](O)[C@H](OCc2ccccc2)[C@H]1NC(=O)OCc1ccccc1. The number of benzene rings is 3. The van der Waals surface area contributed by atoms with Gasteiger partial charge in [-0.2, -0.15) is 0 Å². The molecule has 38 heavy (non-hydrogen) atoms. The second-order valence-electron chi connectivity index (χ2n) is 8.73. The minimum atomic E-state index is -1.26. The number of hydrogen-bond acceptors (Lipinski definition) is 8. The number of aliphatic hydroxyl groups excluding tert-OH is 1. The number of methoxy groups -OCH3 is 1. The molecule has 5 atom stereocenters. The van der Waals surface area contributed by atoms with Crippen molar-refractivity contribution in [3.63, 3.8) is 0 Å². The molecule has 3 aromatic rings. The van der Waals surface area contributed by atoms with Gasteiger partial charge in [0.1, 0.15) is 37.6 Å². The molecule has 1 saturated heterocycles. The van der Waals surface area contributed by atoms with Crippen molar-refractivity contribution in [1.29, 1.82) is 0 Å². The molecule has 0 saturated carbocycles. The van der Waals surface area contributed by atoms with Crippen molar-refractivity contribution in [1.82, 2.24) is 5.32 Å². The van der Waals surface area contributed by atoms with E-state index in [0.717, 1.165) is 11.1 Å². The van der Waals surface area contributed by atoms with Crippen LogP contribution >= 0.6 is 0 Å². The van der Waals surface area contributed by atoms with Crippen LogP contribution < -0.4 is 5.32 Å². The molecule has 4 rings (SSSR count). The molecule has 0 bridgehead atoms. The van der Waals surface area contributed by atoms with Crippen LogP contribution in [0.3, 0.4) is 0 Å². The first-order valence-electron chi connectivity index (χ1n) is 12.3. The summed E-state index contributed by atoms with van der Waals surface area (Å²) in [5, 5.41) is 13.9. The fourth-order valence-electron chi connectivity index (χ4n) is 4.09. The zero-order valence-electron chi connectivity index (χ0n) is 21.0. The number of amides is 1. The van der Waals surface area contributed by atoms with Gasteiger partial charge >= 0.3 is 12.1 Å². The lowest BCUT2D eigenvalue weighted by molar-refractivity contribution is -0.271. The van der Waals surface area contributed by atoms with Crippen molar-refractivity contribution >= 4 is 12.1 Å². The summed E-state index contributed by atoms with van der Waals surface area (Å²) in [6.45, 7) is -0.0219. The summed E-state index contributed by atoms with van der Waals surface area (Å²) in [5.41, 5.74) is 2.07. The number of carbonyl (C=O) groups excluding carboxylic acids is 2. The number of carbonyl (C=O) groups is 2. The van der Waals surface area contributed by atoms with Crippen LogP contribution in [0, 0.1) is 0 Å². The first kappa shape index (κ1) is 27.3. The molecule has 3 aromatic carbocycles. The van der Waals surface area contributed by atoms with E-state index in [-0.39, 0.29) is 19.8 Å². The molecule has 9 heteroatoms. The molecule has 1 aliphatic heterocycles. The lowest BCUT2D eigenvalue weighted by atomic mass is 9.96. The predicted molar refractivity (Wildman–Crippen MR) is 137 cm³/mol. The molecule has 2 N–H and O–H groups in total. The quantitative estimate of drug-likeness (QED) is 0.390. The highest BCUT2D eigenvalue weighted by Crippen LogP contribution is 2.26. The van der Waals surface area contributed by atoms with E-state index in [1.807, 2.05) is 60.7 Å². The summed E-state index contributed by atoms with van der Waals surface area (Å²) < 4.78 is 28.2. The third-order valence-electron chi connectivity index (χ3n) is 6.08. The third kappa shape index (κ3) is 7.39. The Balaban J connectivity index is 1.45. The molecule has 0 spiro atoms. The number of rotatable bonds is 10. The maximum absolute atomic E-state index is 12.7. The first-order chi connectivity index (χ1) is 18.5. The monoisotopic (exact) mass is 521 g/mol. The summed E-state index contributed by atoms with van der Waals surface area (Å²) in [7, 11) is 1.41. The highest BCUT2D eigenvalue weighted by Gasteiger charge is 2.47. The number of alkyl carbamates (subject to hydrolysis) is 1. The van der Waals surface area contributed by atoms with Crippen LogP contribution in [0.2, 0.25) is 0 Å². The van der Waals surface area contributed by atoms with Crippen molar-refractivity contribution in [3.8, 4) is 0 Å². The van der Waals surface area contributed by atoms with E-state index >= 15 is 0 Å². The summed E-state index contributed by atoms with van der Waals surface area (Å²) in [6, 6.07) is 26.2. The Morgan fingerprint density at radius 3 is 2.03 bits per heavy atom. The van der Waals surface area contributed by atoms with Crippen LogP contribution in [0.25, 0.3) is 0 Å². The Morgan fingerprint density at radius 2 is 1.42 bits per heavy atom. The van der Waals surface area contributed by atoms with Gasteiger partial charge in [-0.1, -0.05) is 78.9 Å². The smallest absolute Gasteiger partial charge is 0.407 e. The van der Waals surface area contributed by atoms with Crippen molar-refractivity contribution in [2.24, 2.45) is 0 Å². The van der Waals surface area contributed by atoms with Gasteiger partial charge in [0, 0.05) is 7.11 Å². The molecule has 0 aromatic heterocycles. The standard InChI is InChI=1S/C29H31NO8/c1-34-28-24(30-29(33)37-18-21-13-7-3-8-14-21)26(35-17-20-11-5-2-6-12-20)25(31)23(38-28)19-36-27(32)22-15-9-4-10-16-22/h2-16,23-26,28,31H,17-19H2,1H3,(H,30,33)/t23-,24-,25-,26-,28+/m1/s1. The molecule has 1 fully saturated rings. The number of hydrogen-bond donors (Lipinski definition) is 2. The Labute approximate surface area is 221 Å². The third-order valence-corrected chi connectivity index (χ3v) is 6.08. The molecule has 0 unspecified atom stereocenters. The van der Waals surface area contributed by atoms with Gasteiger partial charge in [0.25, 0.3) is 0 Å². The lowest BCUT2D eigenvalue weighted by Crippen LogP contribution is -2.65. The second-order valence-corrected chi connectivity index (χ2v) is 8.73. The molecule has 1 amide bonds. The average molecular weight is 522 g/mol. The molecule has 1 aliphatic rings. The largest absolute Gasteiger partial charge is 0.459 e. The van der Waals surface area contributed by atoms with Crippen molar-refractivity contribution in [3.05, 3.63) is 108 Å². The molecule has 0 radical (unpaired) electrons. The van der Waals surface area contributed by atoms with E-state index < -0.39 is 42.7 Å². The van der Waals surface area contributed by atoms with E-state index in [2.05, 4.69) is 5.32 Å². The number of esters is 1. The van der Waals surface area contributed by atoms with E-state index in [1.165, 1.54) is 7.11 Å². The van der Waals surface area contributed by atoms with Crippen LogP contribution in [0.5, 0.6) is 0 Å². The molecular formula is C29H31NO8. The highest BCUT2D eigenvalue weighted by atomic mass is 16.7. The molecular weight excluding hydrogens is 490 g/mol. The fourth-order valence-corrected chi connectivity index (χ4v) is 4.09. The summed E-state index contributed by atoms with van der Waals surface area (Å²) in [5.74, 6) is -0.554. The van der Waals surface area contributed by atoms with Crippen LogP contribution in [-0.4, -0.2) is 61.5 Å². The maximum Gasteiger partial charge on any atom is 0.407 e. The lowest BCUT2D eigenvalue weighted by Gasteiger charge is -2.43. The normalized spacial score (nSPS) is 22.8. The molecule has 200 valence electrons. The fraction of sp³-hybridized carbons (Fsp3) is 0.310. The van der Waals surface area contributed by atoms with Crippen LogP contribution in [0.1, 0.15) is 21.5 Å². The summed E-state index contributed by atoms with van der Waals surface area (Å²) >= 11 is 0. The topological polar surface area (TPSA) is 113 Å². The van der Waals surface area contributed by atoms with Gasteiger partial charge in [-0.3, -0.25) is 0 Å². The van der Waals surface area contributed by atoms with Gasteiger partial charge in [0.2, 0.25) is 0 Å². The molecule has 1 heterocycles. The van der Waals surface area contributed by atoms with Crippen molar-refractivity contribution in [2.45, 2.75) is 43.9 Å². The Morgan fingerprint density at radius 1 is 0.842 bits per heavy atom. The second kappa shape index (κ2) is 13.7. The number of aliphatic hydroxyl groups is 1. The van der Waals surface area contributed by atoms with Crippen LogP contribution in [-0.2, 0) is 36.9 Å². The van der Waals surface area contributed by atoms with Gasteiger partial charge in [-0.05, 0) is 23.3 Å². The Bertz CT molecular complexity index is 1150. The zero-order chi connectivity index (χ0) is 26.7. The van der Waals surface area contributed by atoms with Crippen LogP contribution in [0.4, 0.5) is 4.79 Å². The van der Waals surface area contributed by atoms with Gasteiger partial charge in [0.05, 0.1) is 12.2 Å². The average Bonchev–Trinajstić information content (AvgIpc) is 2.97. The first-order valence-corrected chi connectivity index (χ1v) is 12.3. The minimum Gasteiger partial charge on any atom is -0.459 e. The Kier molecular flexibility index (Phi) is 9.83. The van der Waals surface area contributed by atoms with Gasteiger partial charge < -0.3 is 34.1 Å². The van der Waals surface area contributed by atoms with E-state index in [4.69, 9.17) is 23.7 Å².